The van der Waals surface area contributed by atoms with E-state index in [0.29, 0.717) is 19.3 Å². The molecule has 0 saturated heterocycles. The Kier molecular flexibility index (Phi) is 64.7. The van der Waals surface area contributed by atoms with Gasteiger partial charge in [0.15, 0.2) is 6.10 Å². The van der Waals surface area contributed by atoms with Gasteiger partial charge in [0.25, 0.3) is 0 Å². The maximum Gasteiger partial charge on any atom is 0.306 e. The van der Waals surface area contributed by atoms with Crippen LogP contribution in [0.3, 0.4) is 0 Å². The van der Waals surface area contributed by atoms with E-state index in [1.54, 1.807) is 0 Å². The molecule has 0 radical (unpaired) electrons. The number of carbonyl (C=O) groups excluding carboxylic acids is 3. The predicted molar refractivity (Wildman–Crippen MR) is 348 cm³/mol. The molecule has 0 aliphatic rings. The van der Waals surface area contributed by atoms with Gasteiger partial charge in [0.2, 0.25) is 0 Å². The van der Waals surface area contributed by atoms with E-state index in [1.807, 2.05) is 0 Å². The Bertz CT molecular complexity index is 1560. The van der Waals surface area contributed by atoms with E-state index in [2.05, 4.69) is 118 Å². The predicted octanol–water partition coefficient (Wildman–Crippen LogP) is 23.6. The molecule has 6 heteroatoms. The van der Waals surface area contributed by atoms with E-state index < -0.39 is 6.10 Å². The van der Waals surface area contributed by atoms with Gasteiger partial charge in [0, 0.05) is 19.3 Å². The van der Waals surface area contributed by atoms with Gasteiger partial charge in [-0.2, -0.15) is 0 Å². The Morgan fingerprint density at radius 3 is 0.800 bits per heavy atom. The highest BCUT2D eigenvalue weighted by Crippen LogP contribution is 2.17. The van der Waals surface area contributed by atoms with Crippen LogP contribution in [0, 0.1) is 0 Å². The highest BCUT2D eigenvalue weighted by Gasteiger charge is 2.19. The molecule has 0 N–H and O–H groups in total. The van der Waals surface area contributed by atoms with Crippen molar-refractivity contribution in [3.05, 3.63) is 97.2 Å². The van der Waals surface area contributed by atoms with Crippen LogP contribution in [0.4, 0.5) is 0 Å². The molecule has 0 amide bonds. The van der Waals surface area contributed by atoms with Gasteiger partial charge >= 0.3 is 17.9 Å². The van der Waals surface area contributed by atoms with E-state index >= 15 is 0 Å². The summed E-state index contributed by atoms with van der Waals surface area (Å²) in [7, 11) is 0. The molecule has 1 unspecified atom stereocenters. The zero-order valence-electron chi connectivity index (χ0n) is 52.8. The maximum absolute atomic E-state index is 12.9. The van der Waals surface area contributed by atoms with E-state index in [1.165, 1.54) is 199 Å². The minimum atomic E-state index is -0.799. The first-order valence-electron chi connectivity index (χ1n) is 34.2. The summed E-state index contributed by atoms with van der Waals surface area (Å²) in [6.45, 7) is 6.51. The Morgan fingerprint density at radius 1 is 0.263 bits per heavy atom. The standard InChI is InChI=1S/C74H128O6/c1-4-7-10-13-16-19-22-25-28-30-32-33-34-35-36-37-38-39-40-41-42-44-46-49-52-55-58-61-64-67-73(76)79-70-71(69-78-72(75)66-63-60-57-54-51-48-45-27-24-21-18-15-12-9-6-3)80-74(77)68-65-62-59-56-53-50-47-43-31-29-26-23-20-17-14-11-8-5-2/h9,12,18,21-22,25,27,29-32,34-35,45,51,54,71H,4-8,10-11,13-17,19-20,23-24,26,28,33,36-44,46-50,52-53,55-70H2,1-3H3/b12-9-,21-18-,25-22-,31-29-,32-30-,35-34-,45-27-,54-51-. The van der Waals surface area contributed by atoms with Crippen LogP contribution in [0.5, 0.6) is 0 Å². The molecule has 80 heavy (non-hydrogen) atoms. The monoisotopic (exact) mass is 1110 g/mol. The van der Waals surface area contributed by atoms with E-state index in [-0.39, 0.29) is 31.1 Å². The second-order valence-corrected chi connectivity index (χ2v) is 22.7. The van der Waals surface area contributed by atoms with Crippen LogP contribution in [-0.4, -0.2) is 37.2 Å². The smallest absolute Gasteiger partial charge is 0.306 e. The van der Waals surface area contributed by atoms with Crippen LogP contribution in [0.15, 0.2) is 97.2 Å². The lowest BCUT2D eigenvalue weighted by molar-refractivity contribution is -0.167. The fraction of sp³-hybridized carbons (Fsp3) is 0.743. The number of esters is 3. The number of hydrogen-bond donors (Lipinski definition) is 0. The lowest BCUT2D eigenvalue weighted by Crippen LogP contribution is -2.30. The van der Waals surface area contributed by atoms with Gasteiger partial charge in [0.05, 0.1) is 0 Å². The fourth-order valence-corrected chi connectivity index (χ4v) is 9.67. The molecule has 0 aromatic heterocycles. The Morgan fingerprint density at radius 2 is 0.487 bits per heavy atom. The Balaban J connectivity index is 4.30. The molecule has 0 heterocycles. The number of rotatable bonds is 62. The number of ether oxygens (including phenoxy) is 3. The number of unbranched alkanes of at least 4 members (excludes halogenated alkanes) is 35. The molecule has 0 bridgehead atoms. The Hall–Kier alpha value is -3.67. The van der Waals surface area contributed by atoms with Crippen molar-refractivity contribution < 1.29 is 28.6 Å². The summed E-state index contributed by atoms with van der Waals surface area (Å²) in [6.07, 6.45) is 91.5. The average molecular weight is 1110 g/mol. The lowest BCUT2D eigenvalue weighted by Gasteiger charge is -2.18. The maximum atomic E-state index is 12.9. The number of carbonyl (C=O) groups is 3. The van der Waals surface area contributed by atoms with Crippen LogP contribution >= 0.6 is 0 Å². The summed E-state index contributed by atoms with van der Waals surface area (Å²) in [5.41, 5.74) is 0. The first-order chi connectivity index (χ1) is 39.5. The van der Waals surface area contributed by atoms with Crippen molar-refractivity contribution in [3.63, 3.8) is 0 Å². The van der Waals surface area contributed by atoms with E-state index in [9.17, 15) is 14.4 Å². The quantitative estimate of drug-likeness (QED) is 0.0261. The Labute approximate surface area is 496 Å². The molecule has 0 saturated carbocycles. The molecule has 0 rings (SSSR count). The third kappa shape index (κ3) is 65.1. The van der Waals surface area contributed by atoms with Crippen LogP contribution < -0.4 is 0 Å². The van der Waals surface area contributed by atoms with Crippen molar-refractivity contribution in [2.75, 3.05) is 13.2 Å². The van der Waals surface area contributed by atoms with Crippen LogP contribution in [0.2, 0.25) is 0 Å². The summed E-state index contributed by atoms with van der Waals surface area (Å²) >= 11 is 0. The topological polar surface area (TPSA) is 78.9 Å². The van der Waals surface area contributed by atoms with Crippen molar-refractivity contribution >= 4 is 17.9 Å². The molecule has 0 aliphatic heterocycles. The molecule has 460 valence electrons. The zero-order valence-corrected chi connectivity index (χ0v) is 52.8. The molecule has 1 atom stereocenters. The molecule has 0 aliphatic carbocycles. The number of hydrogen-bond acceptors (Lipinski definition) is 6. The third-order valence-electron chi connectivity index (χ3n) is 14.8. The van der Waals surface area contributed by atoms with Crippen molar-refractivity contribution in [2.24, 2.45) is 0 Å². The second kappa shape index (κ2) is 67.8. The van der Waals surface area contributed by atoms with Gasteiger partial charge in [-0.05, 0) is 122 Å². The molecule has 0 aromatic rings. The summed E-state index contributed by atoms with van der Waals surface area (Å²) < 4.78 is 16.9. The minimum Gasteiger partial charge on any atom is -0.462 e. The normalized spacial score (nSPS) is 12.7. The third-order valence-corrected chi connectivity index (χ3v) is 14.8. The minimum absolute atomic E-state index is 0.0914. The van der Waals surface area contributed by atoms with Crippen molar-refractivity contribution in [3.8, 4) is 0 Å². The summed E-state index contributed by atoms with van der Waals surface area (Å²) in [5.74, 6) is -0.927. The van der Waals surface area contributed by atoms with Gasteiger partial charge < -0.3 is 14.2 Å². The van der Waals surface area contributed by atoms with Crippen molar-refractivity contribution in [2.45, 2.75) is 341 Å². The largest absolute Gasteiger partial charge is 0.462 e. The molecular formula is C74H128O6. The second-order valence-electron chi connectivity index (χ2n) is 22.7. The molecular weight excluding hydrogens is 985 g/mol. The lowest BCUT2D eigenvalue weighted by atomic mass is 10.0. The first kappa shape index (κ1) is 76.3. The highest BCUT2D eigenvalue weighted by molar-refractivity contribution is 5.71. The van der Waals surface area contributed by atoms with Gasteiger partial charge in [-0.25, -0.2) is 0 Å². The van der Waals surface area contributed by atoms with Crippen LogP contribution in [0.1, 0.15) is 335 Å². The fourth-order valence-electron chi connectivity index (χ4n) is 9.67. The summed E-state index contributed by atoms with van der Waals surface area (Å²) in [5, 5.41) is 0. The molecule has 0 aromatic carbocycles. The molecule has 6 nitrogen and oxygen atoms in total. The summed E-state index contributed by atoms with van der Waals surface area (Å²) in [4.78, 5) is 38.4. The molecule has 0 fully saturated rings. The summed E-state index contributed by atoms with van der Waals surface area (Å²) in [6, 6.07) is 0. The van der Waals surface area contributed by atoms with Crippen molar-refractivity contribution in [1.82, 2.24) is 0 Å². The first-order valence-corrected chi connectivity index (χ1v) is 34.2. The highest BCUT2D eigenvalue weighted by atomic mass is 16.6. The van der Waals surface area contributed by atoms with Crippen molar-refractivity contribution in [1.29, 1.82) is 0 Å². The van der Waals surface area contributed by atoms with Gasteiger partial charge in [-0.15, -0.1) is 0 Å². The van der Waals surface area contributed by atoms with Crippen LogP contribution in [0.25, 0.3) is 0 Å². The van der Waals surface area contributed by atoms with E-state index in [4.69, 9.17) is 14.2 Å². The van der Waals surface area contributed by atoms with Gasteiger partial charge in [0.1, 0.15) is 13.2 Å². The van der Waals surface area contributed by atoms with Gasteiger partial charge in [-0.1, -0.05) is 291 Å². The average Bonchev–Trinajstić information content (AvgIpc) is 3.46. The van der Waals surface area contributed by atoms with Gasteiger partial charge in [-0.3, -0.25) is 14.4 Å². The van der Waals surface area contributed by atoms with Crippen LogP contribution in [-0.2, 0) is 28.6 Å². The zero-order chi connectivity index (χ0) is 57.8. The molecule has 0 spiro atoms. The number of allylic oxidation sites excluding steroid dienone is 16. The van der Waals surface area contributed by atoms with E-state index in [0.717, 1.165) is 96.3 Å². The SMILES string of the molecule is CC/C=C\C/C=C\C/C=C\C/C=C\CCCCC(=O)OCC(COC(=O)CCCCCCCCCCCCCCCC/C=C\C/C=C\C/C=C\CCCCCCC)OC(=O)CCCCCCCCC/C=C\CCCCCCCCC.